The Bertz CT molecular complexity index is 753. The molecule has 0 spiro atoms. The Labute approximate surface area is 155 Å². The summed E-state index contributed by atoms with van der Waals surface area (Å²) in [6.07, 6.45) is 6.71. The van der Waals surface area contributed by atoms with Crippen LogP contribution in [-0.4, -0.2) is 32.7 Å². The minimum atomic E-state index is -0.0557. The van der Waals surface area contributed by atoms with E-state index in [0.717, 1.165) is 30.8 Å². The lowest BCUT2D eigenvalue weighted by Gasteiger charge is -2.31. The van der Waals surface area contributed by atoms with Gasteiger partial charge in [-0.05, 0) is 54.7 Å². The van der Waals surface area contributed by atoms with Gasteiger partial charge in [-0.3, -0.25) is 4.79 Å². The van der Waals surface area contributed by atoms with Crippen molar-refractivity contribution in [2.45, 2.75) is 19.3 Å². The highest BCUT2D eigenvalue weighted by molar-refractivity contribution is 5.91. The molecule has 136 valence electrons. The van der Waals surface area contributed by atoms with Crippen LogP contribution in [0.15, 0.2) is 54.6 Å². The highest BCUT2D eigenvalue weighted by Crippen LogP contribution is 2.26. The van der Waals surface area contributed by atoms with E-state index in [9.17, 15) is 4.79 Å². The molecule has 1 heterocycles. The quantitative estimate of drug-likeness (QED) is 0.612. The van der Waals surface area contributed by atoms with E-state index in [1.807, 2.05) is 30.3 Å². The molecule has 0 radical (unpaired) electrons. The summed E-state index contributed by atoms with van der Waals surface area (Å²) in [6.45, 7) is 2.76. The molecule has 0 atom stereocenters. The maximum absolute atomic E-state index is 12.0. The first-order valence-corrected chi connectivity index (χ1v) is 9.19. The van der Waals surface area contributed by atoms with Crippen LogP contribution < -0.4 is 15.0 Å². The zero-order valence-corrected chi connectivity index (χ0v) is 15.3. The number of nitrogens with one attached hydrogen (secondary N) is 1. The molecule has 1 aliphatic heterocycles. The third-order valence-corrected chi connectivity index (χ3v) is 4.65. The Hall–Kier alpha value is -2.75. The van der Waals surface area contributed by atoms with Crippen molar-refractivity contribution >= 4 is 17.7 Å². The normalized spacial score (nSPS) is 13.5. The monoisotopic (exact) mass is 350 g/mol. The Morgan fingerprint density at radius 2 is 2.00 bits per heavy atom. The molecule has 0 aliphatic carbocycles. The van der Waals surface area contributed by atoms with Gasteiger partial charge in [-0.15, -0.1) is 0 Å². The van der Waals surface area contributed by atoms with Crippen LogP contribution in [0.25, 0.3) is 6.08 Å². The van der Waals surface area contributed by atoms with Gasteiger partial charge in [0.15, 0.2) is 0 Å². The smallest absolute Gasteiger partial charge is 0.244 e. The summed E-state index contributed by atoms with van der Waals surface area (Å²) in [6, 6.07) is 16.2. The topological polar surface area (TPSA) is 41.6 Å². The first-order valence-electron chi connectivity index (χ1n) is 9.19. The summed E-state index contributed by atoms with van der Waals surface area (Å²) in [5, 5.41) is 2.96. The van der Waals surface area contributed by atoms with Crippen LogP contribution in [0.1, 0.15) is 24.0 Å². The summed E-state index contributed by atoms with van der Waals surface area (Å²) in [5.41, 5.74) is 3.76. The van der Waals surface area contributed by atoms with E-state index in [-0.39, 0.29) is 5.91 Å². The Kier molecular flexibility index (Phi) is 6.31. The van der Waals surface area contributed by atoms with Gasteiger partial charge >= 0.3 is 0 Å². The molecule has 0 fully saturated rings. The van der Waals surface area contributed by atoms with E-state index in [4.69, 9.17) is 4.74 Å². The number of hydrogen-bond acceptors (Lipinski definition) is 3. The van der Waals surface area contributed by atoms with E-state index >= 15 is 0 Å². The van der Waals surface area contributed by atoms with Gasteiger partial charge in [-0.25, -0.2) is 0 Å². The van der Waals surface area contributed by atoms with Crippen LogP contribution in [0.2, 0.25) is 0 Å². The van der Waals surface area contributed by atoms with Crippen molar-refractivity contribution in [3.05, 3.63) is 65.7 Å². The number of fused-ring (bicyclic) bond motifs is 1. The summed E-state index contributed by atoms with van der Waals surface area (Å²) < 4.78 is 5.12. The molecule has 0 aromatic heterocycles. The predicted molar refractivity (Wildman–Crippen MR) is 107 cm³/mol. The number of hydrogen-bond donors (Lipinski definition) is 1. The SMILES string of the molecule is COc1ccc(/C=C/C(=O)NCCCN2CCCc3ccccc32)cc1. The van der Waals surface area contributed by atoms with Crippen LogP contribution in [0.5, 0.6) is 5.75 Å². The van der Waals surface area contributed by atoms with Gasteiger partial charge in [-0.2, -0.15) is 0 Å². The lowest BCUT2D eigenvalue weighted by molar-refractivity contribution is -0.116. The van der Waals surface area contributed by atoms with Gasteiger partial charge in [0.05, 0.1) is 7.11 Å². The first-order chi connectivity index (χ1) is 12.8. The second kappa shape index (κ2) is 9.09. The standard InChI is InChI=1S/C22H26N2O2/c1-26-20-12-9-18(10-13-20)11-14-22(25)23-15-5-17-24-16-4-7-19-6-2-3-8-21(19)24/h2-3,6,8-14H,4-5,7,15-17H2,1H3,(H,23,25)/b14-11+. The molecule has 1 amide bonds. The molecule has 0 saturated heterocycles. The van der Waals surface area contributed by atoms with Gasteiger partial charge in [0.25, 0.3) is 0 Å². The van der Waals surface area contributed by atoms with Crippen molar-refractivity contribution in [2.24, 2.45) is 0 Å². The van der Waals surface area contributed by atoms with Crippen molar-refractivity contribution in [3.8, 4) is 5.75 Å². The summed E-state index contributed by atoms with van der Waals surface area (Å²) in [7, 11) is 1.64. The molecule has 0 saturated carbocycles. The number of methoxy groups -OCH3 is 1. The number of carbonyl (C=O) groups excluding carboxylic acids is 1. The van der Waals surface area contributed by atoms with Gasteiger partial charge in [0.2, 0.25) is 5.91 Å². The van der Waals surface area contributed by atoms with Crippen molar-refractivity contribution in [3.63, 3.8) is 0 Å². The van der Waals surface area contributed by atoms with E-state index in [0.29, 0.717) is 6.54 Å². The number of rotatable bonds is 7. The average molecular weight is 350 g/mol. The lowest BCUT2D eigenvalue weighted by atomic mass is 10.0. The van der Waals surface area contributed by atoms with Gasteiger partial charge in [-0.1, -0.05) is 30.3 Å². The molecule has 0 unspecified atom stereocenters. The number of para-hydroxylation sites is 1. The maximum Gasteiger partial charge on any atom is 0.244 e. The van der Waals surface area contributed by atoms with Crippen LogP contribution >= 0.6 is 0 Å². The fourth-order valence-corrected chi connectivity index (χ4v) is 3.27. The zero-order valence-electron chi connectivity index (χ0n) is 15.3. The van der Waals surface area contributed by atoms with Crippen molar-refractivity contribution in [2.75, 3.05) is 31.6 Å². The highest BCUT2D eigenvalue weighted by Gasteiger charge is 2.15. The average Bonchev–Trinajstić information content (AvgIpc) is 2.70. The molecule has 2 aromatic rings. The number of amides is 1. The lowest BCUT2D eigenvalue weighted by Crippen LogP contribution is -2.32. The predicted octanol–water partition coefficient (Wildman–Crippen LogP) is 3.67. The summed E-state index contributed by atoms with van der Waals surface area (Å²) in [4.78, 5) is 14.4. The van der Waals surface area contributed by atoms with Gasteiger partial charge < -0.3 is 15.0 Å². The molecule has 26 heavy (non-hydrogen) atoms. The Balaban J connectivity index is 1.41. The van der Waals surface area contributed by atoms with E-state index in [1.165, 1.54) is 24.1 Å². The first kappa shape index (κ1) is 18.1. The van der Waals surface area contributed by atoms with Crippen molar-refractivity contribution in [1.82, 2.24) is 5.32 Å². The fraction of sp³-hybridized carbons (Fsp3) is 0.318. The summed E-state index contributed by atoms with van der Waals surface area (Å²) >= 11 is 0. The molecule has 1 aliphatic rings. The fourth-order valence-electron chi connectivity index (χ4n) is 3.27. The van der Waals surface area contributed by atoms with Crippen LogP contribution in [-0.2, 0) is 11.2 Å². The third kappa shape index (κ3) is 4.88. The number of ether oxygens (including phenoxy) is 1. The van der Waals surface area contributed by atoms with Crippen molar-refractivity contribution in [1.29, 1.82) is 0 Å². The molecule has 3 rings (SSSR count). The number of nitrogens with zero attached hydrogens (tertiary/aromatic N) is 1. The molecule has 0 bridgehead atoms. The second-order valence-electron chi connectivity index (χ2n) is 6.47. The van der Waals surface area contributed by atoms with Gasteiger partial charge in [0, 0.05) is 31.4 Å². The molecular formula is C22H26N2O2. The van der Waals surface area contributed by atoms with E-state index in [2.05, 4.69) is 34.5 Å². The molecule has 4 heteroatoms. The molecular weight excluding hydrogens is 324 g/mol. The van der Waals surface area contributed by atoms with Crippen LogP contribution in [0.4, 0.5) is 5.69 Å². The largest absolute Gasteiger partial charge is 0.497 e. The highest BCUT2D eigenvalue weighted by atomic mass is 16.5. The molecule has 1 N–H and O–H groups in total. The minimum Gasteiger partial charge on any atom is -0.497 e. The Morgan fingerprint density at radius 1 is 1.19 bits per heavy atom. The summed E-state index contributed by atoms with van der Waals surface area (Å²) in [5.74, 6) is 0.755. The molecule has 4 nitrogen and oxygen atoms in total. The van der Waals surface area contributed by atoms with Crippen molar-refractivity contribution < 1.29 is 9.53 Å². The second-order valence-corrected chi connectivity index (χ2v) is 6.47. The number of anilines is 1. The van der Waals surface area contributed by atoms with E-state index in [1.54, 1.807) is 13.2 Å². The third-order valence-electron chi connectivity index (χ3n) is 4.65. The number of carbonyl (C=O) groups is 1. The maximum atomic E-state index is 12.0. The Morgan fingerprint density at radius 3 is 2.81 bits per heavy atom. The van der Waals surface area contributed by atoms with Gasteiger partial charge in [0.1, 0.15) is 5.75 Å². The van der Waals surface area contributed by atoms with Crippen LogP contribution in [0.3, 0.4) is 0 Å². The number of benzene rings is 2. The zero-order chi connectivity index (χ0) is 18.2. The minimum absolute atomic E-state index is 0.0557. The molecule has 2 aromatic carbocycles. The van der Waals surface area contributed by atoms with Crippen LogP contribution in [0, 0.1) is 0 Å². The van der Waals surface area contributed by atoms with E-state index < -0.39 is 0 Å². The number of aryl methyl sites for hydroxylation is 1.